The van der Waals surface area contributed by atoms with Crippen molar-refractivity contribution in [2.75, 3.05) is 6.61 Å². The van der Waals surface area contributed by atoms with Gasteiger partial charge in [-0.3, -0.25) is 4.79 Å². The average Bonchev–Trinajstić information content (AvgIpc) is 2.63. The van der Waals surface area contributed by atoms with E-state index in [1.807, 2.05) is 0 Å². The van der Waals surface area contributed by atoms with Crippen molar-refractivity contribution in [3.63, 3.8) is 0 Å². The zero-order valence-corrected chi connectivity index (χ0v) is 16.3. The Morgan fingerprint density at radius 3 is 2.32 bits per heavy atom. The Kier molecular flexibility index (Phi) is 9.07. The molecule has 0 radical (unpaired) electrons. The first-order valence-corrected chi connectivity index (χ1v) is 10.4. The smallest absolute Gasteiger partial charge is 0.293 e. The number of rotatable bonds is 11. The first-order chi connectivity index (χ1) is 12.3. The summed E-state index contributed by atoms with van der Waals surface area (Å²) in [6.07, 6.45) is 14.2. The third kappa shape index (κ3) is 6.84. The third-order valence-corrected chi connectivity index (χ3v) is 5.72. The molecule has 0 atom stereocenters. The molecular weight excluding hydrogens is 308 g/mol. The third-order valence-electron chi connectivity index (χ3n) is 5.72. The van der Waals surface area contributed by atoms with Gasteiger partial charge in [-0.15, -0.1) is 0 Å². The summed E-state index contributed by atoms with van der Waals surface area (Å²) in [4.78, 5) is 10.4. The molecule has 0 N–H and O–H groups in total. The van der Waals surface area contributed by atoms with Gasteiger partial charge >= 0.3 is 0 Å². The second-order valence-corrected chi connectivity index (χ2v) is 7.76. The average molecular weight is 345 g/mol. The van der Waals surface area contributed by atoms with Crippen LogP contribution in [0.25, 0.3) is 0 Å². The van der Waals surface area contributed by atoms with Crippen molar-refractivity contribution in [2.45, 2.75) is 90.4 Å². The molecule has 0 saturated heterocycles. The molecule has 0 spiro atoms. The van der Waals surface area contributed by atoms with E-state index in [9.17, 15) is 4.79 Å². The van der Waals surface area contributed by atoms with Gasteiger partial charge in [0.1, 0.15) is 0 Å². The molecule has 0 heterocycles. The van der Waals surface area contributed by atoms with Crippen LogP contribution in [0.15, 0.2) is 18.2 Å². The molecule has 2 rings (SSSR count). The van der Waals surface area contributed by atoms with Crippen LogP contribution >= 0.6 is 0 Å². The van der Waals surface area contributed by atoms with Crippen LogP contribution in [0.3, 0.4) is 0 Å². The van der Waals surface area contributed by atoms with E-state index in [1.165, 1.54) is 74.5 Å². The number of aryl methyl sites for hydroxylation is 1. The molecule has 2 heteroatoms. The lowest BCUT2D eigenvalue weighted by Crippen LogP contribution is -2.14. The quantitative estimate of drug-likeness (QED) is 0.352. The fourth-order valence-electron chi connectivity index (χ4n) is 4.30. The van der Waals surface area contributed by atoms with Crippen molar-refractivity contribution in [3.8, 4) is 0 Å². The number of carbonyl (C=O) groups excluding carboxylic acids is 1. The highest BCUT2D eigenvalue weighted by Crippen LogP contribution is 2.38. The summed E-state index contributed by atoms with van der Waals surface area (Å²) in [5.74, 6) is 1.69. The van der Waals surface area contributed by atoms with Gasteiger partial charge in [0.2, 0.25) is 0 Å². The summed E-state index contributed by atoms with van der Waals surface area (Å²) in [5, 5.41) is 0. The van der Waals surface area contributed by atoms with E-state index >= 15 is 0 Å². The summed E-state index contributed by atoms with van der Waals surface area (Å²) in [5.41, 5.74) is 4.30. The minimum absolute atomic E-state index is 0.489. The van der Waals surface area contributed by atoms with Crippen molar-refractivity contribution < 1.29 is 9.53 Å². The van der Waals surface area contributed by atoms with E-state index in [4.69, 9.17) is 4.74 Å². The van der Waals surface area contributed by atoms with Crippen molar-refractivity contribution in [2.24, 2.45) is 5.92 Å². The Balaban J connectivity index is 1.96. The molecule has 0 aromatic heterocycles. The van der Waals surface area contributed by atoms with Gasteiger partial charge in [0.05, 0.1) is 6.61 Å². The van der Waals surface area contributed by atoms with Crippen molar-refractivity contribution in [1.29, 1.82) is 0 Å². The lowest BCUT2D eigenvalue weighted by Gasteiger charge is -2.29. The van der Waals surface area contributed by atoms with E-state index < -0.39 is 0 Å². The van der Waals surface area contributed by atoms with Gasteiger partial charge in [-0.2, -0.15) is 0 Å². The molecule has 1 aromatic carbocycles. The first kappa shape index (κ1) is 20.0. The molecule has 0 bridgehead atoms. The summed E-state index contributed by atoms with van der Waals surface area (Å²) < 4.78 is 4.90. The molecule has 1 aliphatic carbocycles. The summed E-state index contributed by atoms with van der Waals surface area (Å²) in [7, 11) is 0. The van der Waals surface area contributed by atoms with E-state index in [1.54, 1.807) is 0 Å². The van der Waals surface area contributed by atoms with Crippen LogP contribution in [0, 0.1) is 5.92 Å². The number of hydrogen-bond donors (Lipinski definition) is 0. The van der Waals surface area contributed by atoms with Crippen LogP contribution in [0.5, 0.6) is 0 Å². The van der Waals surface area contributed by atoms with Gasteiger partial charge in [-0.05, 0) is 60.6 Å². The van der Waals surface area contributed by atoms with Gasteiger partial charge in [0.15, 0.2) is 0 Å². The Morgan fingerprint density at radius 2 is 1.68 bits per heavy atom. The van der Waals surface area contributed by atoms with Gasteiger partial charge < -0.3 is 4.74 Å². The lowest BCUT2D eigenvalue weighted by molar-refractivity contribution is -0.128. The molecule has 0 aliphatic heterocycles. The summed E-state index contributed by atoms with van der Waals surface area (Å²) in [6, 6.07) is 7.11. The Morgan fingerprint density at radius 1 is 0.960 bits per heavy atom. The maximum atomic E-state index is 10.4. The molecule has 1 aromatic rings. The topological polar surface area (TPSA) is 26.3 Å². The van der Waals surface area contributed by atoms with E-state index in [0.717, 1.165) is 24.7 Å². The standard InChI is InChI=1S/C23H36O2/c1-3-5-6-8-19-9-11-22(12-10-19)23-16-20(7-4-2)15-21(17-23)13-14-25-18-24/h15-19,22H,3-14H2,1-2H3. The minimum Gasteiger partial charge on any atom is -0.468 e. The van der Waals surface area contributed by atoms with Crippen molar-refractivity contribution >= 4 is 6.47 Å². The molecule has 2 nitrogen and oxygen atoms in total. The highest BCUT2D eigenvalue weighted by Gasteiger charge is 2.22. The molecule has 1 aliphatic rings. The van der Waals surface area contributed by atoms with Crippen LogP contribution in [0.4, 0.5) is 0 Å². The lowest BCUT2D eigenvalue weighted by atomic mass is 9.76. The van der Waals surface area contributed by atoms with Crippen LogP contribution in [-0.2, 0) is 22.4 Å². The normalized spacial score (nSPS) is 20.4. The van der Waals surface area contributed by atoms with Gasteiger partial charge in [0.25, 0.3) is 6.47 Å². The van der Waals surface area contributed by atoms with E-state index in [0.29, 0.717) is 13.1 Å². The van der Waals surface area contributed by atoms with Crippen LogP contribution in [0.2, 0.25) is 0 Å². The second kappa shape index (κ2) is 11.3. The number of hydrogen-bond acceptors (Lipinski definition) is 2. The monoisotopic (exact) mass is 344 g/mol. The van der Waals surface area contributed by atoms with Gasteiger partial charge in [0, 0.05) is 6.42 Å². The Labute approximate surface area is 154 Å². The molecule has 1 fully saturated rings. The Hall–Kier alpha value is -1.31. The zero-order valence-electron chi connectivity index (χ0n) is 16.3. The highest BCUT2D eigenvalue weighted by atomic mass is 16.5. The minimum atomic E-state index is 0.489. The molecule has 0 unspecified atom stereocenters. The molecule has 140 valence electrons. The molecular formula is C23H36O2. The maximum Gasteiger partial charge on any atom is 0.293 e. The van der Waals surface area contributed by atoms with Crippen molar-refractivity contribution in [1.82, 2.24) is 0 Å². The Bertz CT molecular complexity index is 501. The van der Waals surface area contributed by atoms with Gasteiger partial charge in [-0.25, -0.2) is 0 Å². The predicted molar refractivity (Wildman–Crippen MR) is 105 cm³/mol. The second-order valence-electron chi connectivity index (χ2n) is 7.76. The molecule has 1 saturated carbocycles. The van der Waals surface area contributed by atoms with E-state index in [-0.39, 0.29) is 0 Å². The SMILES string of the molecule is CCCCCC1CCC(c2cc(CCC)cc(CCOC=O)c2)CC1. The predicted octanol–water partition coefficient (Wildman–Crippen LogP) is 6.21. The largest absolute Gasteiger partial charge is 0.468 e. The fourth-order valence-corrected chi connectivity index (χ4v) is 4.30. The van der Waals surface area contributed by atoms with Gasteiger partial charge in [-0.1, -0.05) is 64.2 Å². The van der Waals surface area contributed by atoms with Crippen molar-refractivity contribution in [3.05, 3.63) is 34.9 Å². The molecule has 25 heavy (non-hydrogen) atoms. The molecule has 0 amide bonds. The highest BCUT2D eigenvalue weighted by molar-refractivity contribution is 5.37. The van der Waals surface area contributed by atoms with Crippen LogP contribution in [0.1, 0.15) is 94.2 Å². The number of carbonyl (C=O) groups is 1. The van der Waals surface area contributed by atoms with Crippen LogP contribution in [-0.4, -0.2) is 13.1 Å². The number of ether oxygens (including phenoxy) is 1. The van der Waals surface area contributed by atoms with E-state index in [2.05, 4.69) is 32.0 Å². The summed E-state index contributed by atoms with van der Waals surface area (Å²) in [6.45, 7) is 5.57. The first-order valence-electron chi connectivity index (χ1n) is 10.4. The summed E-state index contributed by atoms with van der Waals surface area (Å²) >= 11 is 0. The van der Waals surface area contributed by atoms with Crippen LogP contribution < -0.4 is 0 Å². The maximum absolute atomic E-state index is 10.4. The number of unbranched alkanes of at least 4 members (excludes halogenated alkanes) is 2. The zero-order chi connectivity index (χ0) is 17.9. The number of benzene rings is 1. The fraction of sp³-hybridized carbons (Fsp3) is 0.696.